The third-order valence-electron chi connectivity index (χ3n) is 6.56. The number of rotatable bonds is 5. The van der Waals surface area contributed by atoms with Crippen molar-refractivity contribution < 1.29 is 30.8 Å². The van der Waals surface area contributed by atoms with Gasteiger partial charge in [0.1, 0.15) is 15.7 Å². The van der Waals surface area contributed by atoms with Crippen molar-refractivity contribution in [2.24, 2.45) is 5.92 Å². The molecule has 1 fully saturated rings. The van der Waals surface area contributed by atoms with Gasteiger partial charge in [0, 0.05) is 19.0 Å². The molecule has 1 aliphatic heterocycles. The Balaban J connectivity index is 1.46. The van der Waals surface area contributed by atoms with Crippen molar-refractivity contribution in [1.29, 1.82) is 0 Å². The van der Waals surface area contributed by atoms with Gasteiger partial charge in [-0.1, -0.05) is 0 Å². The predicted octanol–water partition coefficient (Wildman–Crippen LogP) is 4.45. The van der Waals surface area contributed by atoms with Crippen molar-refractivity contribution in [3.05, 3.63) is 57.6 Å². The van der Waals surface area contributed by atoms with Crippen molar-refractivity contribution >= 4 is 37.4 Å². The van der Waals surface area contributed by atoms with Crippen molar-refractivity contribution in [2.75, 3.05) is 23.9 Å². The van der Waals surface area contributed by atoms with E-state index in [1.54, 1.807) is 6.07 Å². The van der Waals surface area contributed by atoms with Gasteiger partial charge in [-0.2, -0.15) is 13.2 Å². The first kappa shape index (κ1) is 25.9. The molecule has 2 atom stereocenters. The van der Waals surface area contributed by atoms with Crippen molar-refractivity contribution in [2.45, 2.75) is 43.9 Å². The Labute approximate surface area is 209 Å². The molecule has 35 heavy (non-hydrogen) atoms. The van der Waals surface area contributed by atoms with E-state index < -0.39 is 33.9 Å². The SMILES string of the molecule is CN(C(=O)C1CCS(=O)(=O)CC1)[C@@H](c1ccc(NC2Cc3cc(F)c(Br)cc3C2)cn1)C(F)(F)F. The highest BCUT2D eigenvalue weighted by atomic mass is 79.9. The van der Waals surface area contributed by atoms with E-state index in [1.807, 2.05) is 0 Å². The summed E-state index contributed by atoms with van der Waals surface area (Å²) in [5.41, 5.74) is 2.05. The number of aromatic nitrogens is 1. The fourth-order valence-corrected chi connectivity index (χ4v) is 6.62. The van der Waals surface area contributed by atoms with Crippen LogP contribution in [0.2, 0.25) is 0 Å². The zero-order valence-corrected chi connectivity index (χ0v) is 21.2. The van der Waals surface area contributed by atoms with E-state index in [0.29, 0.717) is 27.9 Å². The summed E-state index contributed by atoms with van der Waals surface area (Å²) in [6, 6.07) is 3.61. The zero-order valence-electron chi connectivity index (χ0n) is 18.8. The molecule has 1 amide bonds. The lowest BCUT2D eigenvalue weighted by molar-refractivity contribution is -0.191. The summed E-state index contributed by atoms with van der Waals surface area (Å²) in [5, 5.41) is 3.22. The molecule has 4 rings (SSSR count). The van der Waals surface area contributed by atoms with E-state index in [-0.39, 0.29) is 41.9 Å². The normalized spacial score (nSPS) is 20.8. The van der Waals surface area contributed by atoms with Crippen LogP contribution in [0.15, 0.2) is 34.9 Å². The molecule has 0 saturated carbocycles. The number of alkyl halides is 3. The number of halogens is 5. The topological polar surface area (TPSA) is 79.4 Å². The van der Waals surface area contributed by atoms with Crippen LogP contribution in [0.5, 0.6) is 0 Å². The van der Waals surface area contributed by atoms with Gasteiger partial charge >= 0.3 is 6.18 Å². The number of carbonyl (C=O) groups excluding carboxylic acids is 1. The molecular formula is C23H24BrF4N3O3S. The van der Waals surface area contributed by atoms with Gasteiger partial charge in [-0.15, -0.1) is 0 Å². The molecule has 1 saturated heterocycles. The second-order valence-corrected chi connectivity index (χ2v) is 12.2. The Morgan fingerprint density at radius 1 is 1.17 bits per heavy atom. The summed E-state index contributed by atoms with van der Waals surface area (Å²) in [6.45, 7) is 0. The first-order chi connectivity index (χ1) is 16.3. The number of nitrogens with zero attached hydrogens (tertiary/aromatic N) is 2. The van der Waals surface area contributed by atoms with Crippen LogP contribution in [0.4, 0.5) is 23.2 Å². The maximum atomic E-state index is 14.0. The molecule has 0 bridgehead atoms. The summed E-state index contributed by atoms with van der Waals surface area (Å²) >= 11 is 3.17. The predicted molar refractivity (Wildman–Crippen MR) is 126 cm³/mol. The van der Waals surface area contributed by atoms with Crippen LogP contribution in [0.3, 0.4) is 0 Å². The molecule has 0 radical (unpaired) electrons. The van der Waals surface area contributed by atoms with Crippen LogP contribution < -0.4 is 5.32 Å². The molecule has 2 heterocycles. The van der Waals surface area contributed by atoms with Gasteiger partial charge in [0.2, 0.25) is 5.91 Å². The first-order valence-electron chi connectivity index (χ1n) is 11.1. The van der Waals surface area contributed by atoms with Gasteiger partial charge in [-0.3, -0.25) is 9.78 Å². The minimum absolute atomic E-state index is 0.0105. The van der Waals surface area contributed by atoms with Crippen LogP contribution in [0, 0.1) is 11.7 Å². The van der Waals surface area contributed by atoms with Gasteiger partial charge < -0.3 is 10.2 Å². The molecule has 0 spiro atoms. The number of fused-ring (bicyclic) bond motifs is 1. The highest BCUT2D eigenvalue weighted by Gasteiger charge is 2.47. The number of anilines is 1. The smallest absolute Gasteiger partial charge is 0.380 e. The van der Waals surface area contributed by atoms with Crippen molar-refractivity contribution in [3.63, 3.8) is 0 Å². The van der Waals surface area contributed by atoms with E-state index in [2.05, 4.69) is 26.2 Å². The van der Waals surface area contributed by atoms with Crippen LogP contribution in [-0.2, 0) is 27.5 Å². The monoisotopic (exact) mass is 577 g/mol. The van der Waals surface area contributed by atoms with Gasteiger partial charge in [0.25, 0.3) is 0 Å². The maximum absolute atomic E-state index is 14.0. The Bertz CT molecular complexity index is 1180. The van der Waals surface area contributed by atoms with E-state index in [0.717, 1.165) is 18.2 Å². The average molecular weight is 578 g/mol. The fraction of sp³-hybridized carbons (Fsp3) is 0.478. The van der Waals surface area contributed by atoms with E-state index in [9.17, 15) is 30.8 Å². The average Bonchev–Trinajstić information content (AvgIpc) is 3.14. The number of hydrogen-bond acceptors (Lipinski definition) is 5. The summed E-state index contributed by atoms with van der Waals surface area (Å²) in [4.78, 5) is 17.4. The summed E-state index contributed by atoms with van der Waals surface area (Å²) in [7, 11) is -2.17. The zero-order chi connectivity index (χ0) is 25.5. The number of carbonyl (C=O) groups is 1. The number of nitrogens with one attached hydrogen (secondary N) is 1. The summed E-state index contributed by atoms with van der Waals surface area (Å²) < 4.78 is 79.3. The molecule has 6 nitrogen and oxygen atoms in total. The highest BCUT2D eigenvalue weighted by Crippen LogP contribution is 2.38. The van der Waals surface area contributed by atoms with Crippen LogP contribution in [-0.4, -0.2) is 55.0 Å². The molecular weight excluding hydrogens is 554 g/mol. The number of benzene rings is 1. The van der Waals surface area contributed by atoms with Crippen molar-refractivity contribution in [1.82, 2.24) is 9.88 Å². The van der Waals surface area contributed by atoms with E-state index in [1.165, 1.54) is 24.4 Å². The quantitative estimate of drug-likeness (QED) is 0.531. The highest BCUT2D eigenvalue weighted by molar-refractivity contribution is 9.10. The Morgan fingerprint density at radius 2 is 1.80 bits per heavy atom. The Hall–Kier alpha value is -2.21. The third-order valence-corrected chi connectivity index (χ3v) is 8.88. The first-order valence-corrected chi connectivity index (χ1v) is 13.7. The number of amides is 1. The standard InChI is InChI=1S/C23H24BrF4N3O3S/c1-31(22(32)13-4-6-35(33,34)7-5-13)21(23(26,27)28)20-3-2-16(12-29-20)30-17-8-14-10-18(24)19(25)11-15(14)9-17/h2-3,10-13,17,21,30H,4-9H2,1H3/t17?,21-/m0/s1. The van der Waals surface area contributed by atoms with Gasteiger partial charge in [-0.05, 0) is 77.0 Å². The van der Waals surface area contributed by atoms with Gasteiger partial charge in [0.15, 0.2) is 6.04 Å². The minimum atomic E-state index is -4.77. The Kier molecular flexibility index (Phi) is 7.16. The fourth-order valence-electron chi connectivity index (χ4n) is 4.74. The summed E-state index contributed by atoms with van der Waals surface area (Å²) in [5.74, 6) is -2.28. The number of sulfone groups is 1. The molecule has 12 heteroatoms. The number of hydrogen-bond donors (Lipinski definition) is 1. The van der Waals surface area contributed by atoms with Gasteiger partial charge in [-0.25, -0.2) is 12.8 Å². The molecule has 1 aromatic carbocycles. The molecule has 2 aliphatic rings. The molecule has 190 valence electrons. The lowest BCUT2D eigenvalue weighted by Crippen LogP contribution is -2.44. The summed E-state index contributed by atoms with van der Waals surface area (Å²) in [6.07, 6.45) is -2.25. The van der Waals surface area contributed by atoms with E-state index in [4.69, 9.17) is 0 Å². The number of pyridine rings is 1. The molecule has 1 unspecified atom stereocenters. The second-order valence-electron chi connectivity index (χ2n) is 9.08. The van der Waals surface area contributed by atoms with Crippen LogP contribution in [0.25, 0.3) is 0 Å². The molecule has 2 aromatic rings. The van der Waals surface area contributed by atoms with Gasteiger partial charge in [0.05, 0.1) is 33.6 Å². The minimum Gasteiger partial charge on any atom is -0.380 e. The van der Waals surface area contributed by atoms with Crippen molar-refractivity contribution in [3.8, 4) is 0 Å². The molecule has 1 aromatic heterocycles. The lowest BCUT2D eigenvalue weighted by atomic mass is 9.99. The maximum Gasteiger partial charge on any atom is 0.414 e. The molecule has 1 N–H and O–H groups in total. The lowest BCUT2D eigenvalue weighted by Gasteiger charge is -2.33. The van der Waals surface area contributed by atoms with Crippen LogP contribution >= 0.6 is 15.9 Å². The Morgan fingerprint density at radius 3 is 2.37 bits per heavy atom. The largest absolute Gasteiger partial charge is 0.414 e. The second kappa shape index (κ2) is 9.68. The third kappa shape index (κ3) is 5.79. The van der Waals surface area contributed by atoms with E-state index >= 15 is 0 Å². The molecule has 1 aliphatic carbocycles. The van der Waals surface area contributed by atoms with Crippen LogP contribution in [0.1, 0.15) is 35.7 Å².